The van der Waals surface area contributed by atoms with Gasteiger partial charge in [-0.1, -0.05) is 11.6 Å². The quantitative estimate of drug-likeness (QED) is 0.769. The molecule has 1 fully saturated rings. The van der Waals surface area contributed by atoms with Gasteiger partial charge in [0.15, 0.2) is 0 Å². The molecule has 1 aromatic carbocycles. The summed E-state index contributed by atoms with van der Waals surface area (Å²) in [6, 6.07) is 5.71. The van der Waals surface area contributed by atoms with Crippen molar-refractivity contribution in [1.82, 2.24) is 14.7 Å². The minimum atomic E-state index is -0.362. The van der Waals surface area contributed by atoms with E-state index in [1.54, 1.807) is 24.0 Å². The lowest BCUT2D eigenvalue weighted by Crippen LogP contribution is -2.40. The van der Waals surface area contributed by atoms with Gasteiger partial charge in [-0.15, -0.1) is 0 Å². The third-order valence-electron chi connectivity index (χ3n) is 4.61. The van der Waals surface area contributed by atoms with Crippen molar-refractivity contribution in [1.29, 1.82) is 0 Å². The largest absolute Gasteiger partial charge is 0.469 e. The van der Waals surface area contributed by atoms with E-state index >= 15 is 0 Å². The summed E-state index contributed by atoms with van der Waals surface area (Å²) in [5.41, 5.74) is 1.40. The van der Waals surface area contributed by atoms with E-state index in [1.807, 2.05) is 0 Å². The number of aryl methyl sites for hydroxylation is 1. The molecule has 6 nitrogen and oxygen atoms in total. The Balaban J connectivity index is 1.80. The van der Waals surface area contributed by atoms with Crippen molar-refractivity contribution in [3.05, 3.63) is 46.5 Å². The van der Waals surface area contributed by atoms with Gasteiger partial charge >= 0.3 is 5.97 Å². The number of rotatable bonds is 3. The Morgan fingerprint density at radius 3 is 2.42 bits per heavy atom. The lowest BCUT2D eigenvalue weighted by atomic mass is 9.96. The molecule has 0 spiro atoms. The van der Waals surface area contributed by atoms with E-state index in [2.05, 4.69) is 5.10 Å². The van der Waals surface area contributed by atoms with Gasteiger partial charge in [0.2, 0.25) is 0 Å². The van der Waals surface area contributed by atoms with Gasteiger partial charge in [-0.2, -0.15) is 5.10 Å². The van der Waals surface area contributed by atoms with E-state index in [0.29, 0.717) is 42.9 Å². The highest BCUT2D eigenvalue weighted by atomic mass is 35.5. The fourth-order valence-electron chi connectivity index (χ4n) is 3.14. The number of methoxy groups -OCH3 is 1. The minimum Gasteiger partial charge on any atom is -0.469 e. The number of amides is 1. The van der Waals surface area contributed by atoms with Crippen molar-refractivity contribution >= 4 is 23.5 Å². The molecule has 138 valence electrons. The molecule has 0 N–H and O–H groups in total. The molecule has 26 heavy (non-hydrogen) atoms. The maximum Gasteiger partial charge on any atom is 0.308 e. The van der Waals surface area contributed by atoms with Gasteiger partial charge in [-0.25, -0.2) is 9.07 Å². The van der Waals surface area contributed by atoms with Crippen LogP contribution >= 0.6 is 11.6 Å². The number of ether oxygens (including phenoxy) is 1. The maximum absolute atomic E-state index is 13.1. The number of nitrogens with zero attached hydrogens (tertiary/aromatic N) is 3. The molecule has 2 aromatic rings. The summed E-state index contributed by atoms with van der Waals surface area (Å²) in [6.07, 6.45) is 1.11. The molecule has 1 aliphatic rings. The van der Waals surface area contributed by atoms with Gasteiger partial charge < -0.3 is 9.64 Å². The Morgan fingerprint density at radius 1 is 1.23 bits per heavy atom. The zero-order valence-corrected chi connectivity index (χ0v) is 15.3. The first kappa shape index (κ1) is 18.4. The number of hydrogen-bond donors (Lipinski definition) is 0. The zero-order valence-electron chi connectivity index (χ0n) is 14.5. The average Bonchev–Trinajstić information content (AvgIpc) is 2.95. The highest BCUT2D eigenvalue weighted by Gasteiger charge is 2.31. The second-order valence-electron chi connectivity index (χ2n) is 6.23. The molecule has 0 bridgehead atoms. The summed E-state index contributed by atoms with van der Waals surface area (Å²) in [7, 11) is 1.37. The molecule has 2 heterocycles. The minimum absolute atomic E-state index is 0.178. The van der Waals surface area contributed by atoms with E-state index in [-0.39, 0.29) is 28.8 Å². The fraction of sp³-hybridized carbons (Fsp3) is 0.389. The summed E-state index contributed by atoms with van der Waals surface area (Å²) >= 11 is 6.40. The van der Waals surface area contributed by atoms with Crippen LogP contribution in [0.15, 0.2) is 24.3 Å². The molecule has 1 aromatic heterocycles. The van der Waals surface area contributed by atoms with Crippen LogP contribution in [0.2, 0.25) is 5.15 Å². The molecule has 1 aliphatic heterocycles. The summed E-state index contributed by atoms with van der Waals surface area (Å²) < 4.78 is 19.3. The third kappa shape index (κ3) is 3.44. The SMILES string of the molecule is COC(=O)C1CCN(C(=O)c2c(C)nn(-c3ccc(F)cc3)c2Cl)CC1. The molecule has 8 heteroatoms. The van der Waals surface area contributed by atoms with Crippen molar-refractivity contribution in [2.75, 3.05) is 20.2 Å². The number of esters is 1. The summed E-state index contributed by atoms with van der Waals surface area (Å²) in [5, 5.41) is 4.51. The highest BCUT2D eigenvalue weighted by molar-refractivity contribution is 6.33. The second-order valence-corrected chi connectivity index (χ2v) is 6.59. The van der Waals surface area contributed by atoms with Crippen LogP contribution in [0.25, 0.3) is 5.69 Å². The summed E-state index contributed by atoms with van der Waals surface area (Å²) in [5.74, 6) is -0.999. The molecular formula is C18H19ClFN3O3. The number of halogens is 2. The first-order valence-corrected chi connectivity index (χ1v) is 8.68. The Kier molecular flexibility index (Phi) is 5.27. The van der Waals surface area contributed by atoms with E-state index in [9.17, 15) is 14.0 Å². The number of carbonyl (C=O) groups excluding carboxylic acids is 2. The van der Waals surface area contributed by atoms with Gasteiger partial charge in [0.05, 0.1) is 30.0 Å². The van der Waals surface area contributed by atoms with Crippen LogP contribution in [0, 0.1) is 18.7 Å². The molecule has 0 unspecified atom stereocenters. The van der Waals surface area contributed by atoms with Crippen LogP contribution in [-0.2, 0) is 9.53 Å². The normalized spacial score (nSPS) is 15.2. The smallest absolute Gasteiger partial charge is 0.308 e. The van der Waals surface area contributed by atoms with Crippen LogP contribution in [0.1, 0.15) is 28.9 Å². The molecule has 1 saturated heterocycles. The molecule has 0 atom stereocenters. The lowest BCUT2D eigenvalue weighted by Gasteiger charge is -2.30. The van der Waals surface area contributed by atoms with E-state index in [4.69, 9.17) is 16.3 Å². The van der Waals surface area contributed by atoms with Crippen molar-refractivity contribution in [3.8, 4) is 5.69 Å². The molecular weight excluding hydrogens is 361 g/mol. The topological polar surface area (TPSA) is 64.4 Å². The van der Waals surface area contributed by atoms with Crippen molar-refractivity contribution in [2.24, 2.45) is 5.92 Å². The molecule has 0 saturated carbocycles. The Morgan fingerprint density at radius 2 is 1.85 bits per heavy atom. The third-order valence-corrected chi connectivity index (χ3v) is 4.95. The Labute approximate surface area is 155 Å². The van der Waals surface area contributed by atoms with Gasteiger partial charge in [0.25, 0.3) is 5.91 Å². The summed E-state index contributed by atoms with van der Waals surface area (Å²) in [4.78, 5) is 26.2. The first-order chi connectivity index (χ1) is 12.4. The van der Waals surface area contributed by atoms with Crippen LogP contribution in [-0.4, -0.2) is 46.8 Å². The van der Waals surface area contributed by atoms with Crippen molar-refractivity contribution < 1.29 is 18.7 Å². The monoisotopic (exact) mass is 379 g/mol. The molecule has 1 amide bonds. The van der Waals surface area contributed by atoms with E-state index in [1.165, 1.54) is 23.9 Å². The number of piperidine rings is 1. The predicted molar refractivity (Wildman–Crippen MR) is 93.9 cm³/mol. The van der Waals surface area contributed by atoms with Crippen LogP contribution in [0.3, 0.4) is 0 Å². The van der Waals surface area contributed by atoms with E-state index < -0.39 is 0 Å². The fourth-order valence-corrected chi connectivity index (χ4v) is 3.49. The number of carbonyl (C=O) groups is 2. The van der Waals surface area contributed by atoms with Gasteiger partial charge in [-0.05, 0) is 44.0 Å². The maximum atomic E-state index is 13.1. The molecule has 0 aliphatic carbocycles. The Bertz CT molecular complexity index is 827. The Hall–Kier alpha value is -2.41. The molecule has 0 radical (unpaired) electrons. The van der Waals surface area contributed by atoms with Gasteiger partial charge in [-0.3, -0.25) is 9.59 Å². The highest BCUT2D eigenvalue weighted by Crippen LogP contribution is 2.27. The number of aromatic nitrogens is 2. The number of likely N-dealkylation sites (tertiary alicyclic amines) is 1. The van der Waals surface area contributed by atoms with Gasteiger partial charge in [0.1, 0.15) is 11.0 Å². The van der Waals surface area contributed by atoms with Crippen LogP contribution in [0.4, 0.5) is 4.39 Å². The van der Waals surface area contributed by atoms with Crippen molar-refractivity contribution in [2.45, 2.75) is 19.8 Å². The lowest BCUT2D eigenvalue weighted by molar-refractivity contribution is -0.146. The van der Waals surface area contributed by atoms with E-state index in [0.717, 1.165) is 0 Å². The first-order valence-electron chi connectivity index (χ1n) is 8.30. The van der Waals surface area contributed by atoms with Crippen LogP contribution < -0.4 is 0 Å². The average molecular weight is 380 g/mol. The van der Waals surface area contributed by atoms with Crippen molar-refractivity contribution in [3.63, 3.8) is 0 Å². The number of benzene rings is 1. The van der Waals surface area contributed by atoms with Crippen LogP contribution in [0.5, 0.6) is 0 Å². The second kappa shape index (κ2) is 7.45. The molecule has 3 rings (SSSR count). The zero-order chi connectivity index (χ0) is 18.8. The number of hydrogen-bond acceptors (Lipinski definition) is 4. The standard InChI is InChI=1S/C18H19ClFN3O3/c1-11-15(16(19)23(21-11)14-5-3-13(20)4-6-14)17(24)22-9-7-12(8-10-22)18(25)26-2/h3-6,12H,7-10H2,1-2H3. The predicted octanol–water partition coefficient (Wildman–Crippen LogP) is 3.00. The van der Waals surface area contributed by atoms with Gasteiger partial charge in [0, 0.05) is 13.1 Å². The summed E-state index contributed by atoms with van der Waals surface area (Å²) in [6.45, 7) is 2.62.